The van der Waals surface area contributed by atoms with E-state index in [4.69, 9.17) is 4.74 Å². The molecule has 2 aromatic rings. The number of piperidine rings is 1. The first-order valence-corrected chi connectivity index (χ1v) is 7.72. The van der Waals surface area contributed by atoms with Gasteiger partial charge in [-0.3, -0.25) is 9.59 Å². The van der Waals surface area contributed by atoms with Gasteiger partial charge in [0.2, 0.25) is 0 Å². The Bertz CT molecular complexity index is 791. The first-order valence-electron chi connectivity index (χ1n) is 7.72. The summed E-state index contributed by atoms with van der Waals surface area (Å²) < 4.78 is 5.05. The Kier molecular flexibility index (Phi) is 4.41. The number of hydrogen-bond acceptors (Lipinski definition) is 4. The second-order valence-corrected chi connectivity index (χ2v) is 5.61. The minimum Gasteiger partial charge on any atom is -0.451 e. The summed E-state index contributed by atoms with van der Waals surface area (Å²) in [5, 5.41) is 0.508. The van der Waals surface area contributed by atoms with E-state index in [-0.39, 0.29) is 23.6 Å². The molecule has 1 aliphatic heterocycles. The molecule has 0 atom stereocenters. The van der Waals surface area contributed by atoms with Gasteiger partial charge in [0.1, 0.15) is 5.69 Å². The SMILES string of the molecule is O=C(OCC(=O)N1CCCCC1)c1cc(=O)c2ccccc2[nH]1. The molecule has 0 aliphatic carbocycles. The van der Waals surface area contributed by atoms with Crippen molar-refractivity contribution >= 4 is 22.8 Å². The standard InChI is InChI=1S/C17H18N2O4/c20-15-10-14(18-13-7-3-2-6-12(13)15)17(22)23-11-16(21)19-8-4-1-5-9-19/h2-3,6-7,10H,1,4-5,8-9,11H2,(H,18,20). The molecule has 3 rings (SSSR count). The number of nitrogens with zero attached hydrogens (tertiary/aromatic N) is 1. The van der Waals surface area contributed by atoms with Crippen LogP contribution in [-0.4, -0.2) is 41.5 Å². The molecule has 1 aromatic heterocycles. The third-order valence-corrected chi connectivity index (χ3v) is 3.99. The highest BCUT2D eigenvalue weighted by molar-refractivity contribution is 5.92. The Balaban J connectivity index is 1.68. The van der Waals surface area contributed by atoms with Gasteiger partial charge >= 0.3 is 5.97 Å². The third kappa shape index (κ3) is 3.41. The zero-order valence-electron chi connectivity index (χ0n) is 12.7. The van der Waals surface area contributed by atoms with Gasteiger partial charge in [-0.15, -0.1) is 0 Å². The number of hydrogen-bond donors (Lipinski definition) is 1. The summed E-state index contributed by atoms with van der Waals surface area (Å²) in [6.07, 6.45) is 3.09. The molecule has 0 saturated carbocycles. The lowest BCUT2D eigenvalue weighted by atomic mass is 10.1. The summed E-state index contributed by atoms with van der Waals surface area (Å²) in [6, 6.07) is 8.13. The zero-order chi connectivity index (χ0) is 16.2. The van der Waals surface area contributed by atoms with Crippen molar-refractivity contribution in [1.29, 1.82) is 0 Å². The van der Waals surface area contributed by atoms with E-state index < -0.39 is 5.97 Å². The fourth-order valence-electron chi connectivity index (χ4n) is 2.75. The number of benzene rings is 1. The van der Waals surface area contributed by atoms with E-state index in [9.17, 15) is 14.4 Å². The molecule has 0 radical (unpaired) electrons. The van der Waals surface area contributed by atoms with Gasteiger partial charge in [0, 0.05) is 30.1 Å². The van der Waals surface area contributed by atoms with Gasteiger partial charge in [0.25, 0.3) is 5.91 Å². The van der Waals surface area contributed by atoms with Gasteiger partial charge < -0.3 is 14.6 Å². The molecule has 1 saturated heterocycles. The number of aromatic amines is 1. The number of aromatic nitrogens is 1. The van der Waals surface area contributed by atoms with Gasteiger partial charge in [0.05, 0.1) is 0 Å². The number of para-hydroxylation sites is 1. The molecule has 6 nitrogen and oxygen atoms in total. The van der Waals surface area contributed by atoms with Crippen LogP contribution in [0, 0.1) is 0 Å². The van der Waals surface area contributed by atoms with Crippen LogP contribution in [0.3, 0.4) is 0 Å². The van der Waals surface area contributed by atoms with Crippen molar-refractivity contribution in [3.05, 3.63) is 46.2 Å². The largest absolute Gasteiger partial charge is 0.451 e. The van der Waals surface area contributed by atoms with E-state index in [1.807, 2.05) is 0 Å². The fraction of sp³-hybridized carbons (Fsp3) is 0.353. The molecule has 1 amide bonds. The van der Waals surface area contributed by atoms with Crippen molar-refractivity contribution in [2.45, 2.75) is 19.3 Å². The summed E-state index contributed by atoms with van der Waals surface area (Å²) in [4.78, 5) is 40.6. The molecule has 0 bridgehead atoms. The number of esters is 1. The van der Waals surface area contributed by atoms with Gasteiger partial charge in [-0.2, -0.15) is 0 Å². The van der Waals surface area contributed by atoms with Crippen molar-refractivity contribution in [2.24, 2.45) is 0 Å². The molecule has 1 aliphatic rings. The minimum atomic E-state index is -0.696. The minimum absolute atomic E-state index is 0.0557. The summed E-state index contributed by atoms with van der Waals surface area (Å²) >= 11 is 0. The number of amides is 1. The predicted octanol–water partition coefficient (Wildman–Crippen LogP) is 1.70. The lowest BCUT2D eigenvalue weighted by Crippen LogP contribution is -2.38. The zero-order valence-corrected chi connectivity index (χ0v) is 12.7. The summed E-state index contributed by atoms with van der Waals surface area (Å²) in [5.41, 5.74) is 0.364. The number of likely N-dealkylation sites (tertiary alicyclic amines) is 1. The normalized spacial score (nSPS) is 14.7. The fourth-order valence-corrected chi connectivity index (χ4v) is 2.75. The van der Waals surface area contributed by atoms with Crippen LogP contribution < -0.4 is 5.43 Å². The van der Waals surface area contributed by atoms with Crippen molar-refractivity contribution in [1.82, 2.24) is 9.88 Å². The molecule has 2 heterocycles. The molecule has 0 spiro atoms. The molecule has 6 heteroatoms. The lowest BCUT2D eigenvalue weighted by molar-refractivity contribution is -0.135. The van der Waals surface area contributed by atoms with E-state index in [2.05, 4.69) is 4.98 Å². The van der Waals surface area contributed by atoms with E-state index >= 15 is 0 Å². The maximum absolute atomic E-state index is 12.1. The maximum atomic E-state index is 12.1. The highest BCUT2D eigenvalue weighted by atomic mass is 16.5. The lowest BCUT2D eigenvalue weighted by Gasteiger charge is -2.26. The Hall–Kier alpha value is -2.63. The highest BCUT2D eigenvalue weighted by Gasteiger charge is 2.19. The molecule has 1 aromatic carbocycles. The number of carbonyl (C=O) groups is 2. The van der Waals surface area contributed by atoms with Gasteiger partial charge in [0.15, 0.2) is 12.0 Å². The predicted molar refractivity (Wildman–Crippen MR) is 85.3 cm³/mol. The number of pyridine rings is 1. The monoisotopic (exact) mass is 314 g/mol. The number of rotatable bonds is 3. The average molecular weight is 314 g/mol. The van der Waals surface area contributed by atoms with Crippen LogP contribution in [0.15, 0.2) is 35.1 Å². The van der Waals surface area contributed by atoms with Crippen molar-refractivity contribution < 1.29 is 14.3 Å². The van der Waals surface area contributed by atoms with Crippen molar-refractivity contribution in [2.75, 3.05) is 19.7 Å². The smallest absolute Gasteiger partial charge is 0.355 e. The number of H-pyrrole nitrogens is 1. The molecule has 1 N–H and O–H groups in total. The number of carbonyl (C=O) groups excluding carboxylic acids is 2. The van der Waals surface area contributed by atoms with Crippen LogP contribution in [0.5, 0.6) is 0 Å². The first kappa shape index (κ1) is 15.3. The first-order chi connectivity index (χ1) is 11.1. The van der Waals surface area contributed by atoms with Crippen molar-refractivity contribution in [3.8, 4) is 0 Å². The molecular formula is C17H18N2O4. The van der Waals surface area contributed by atoms with Crippen LogP contribution in [0.1, 0.15) is 29.8 Å². The number of ether oxygens (including phenoxy) is 1. The molecule has 1 fully saturated rings. The Morgan fingerprint density at radius 2 is 1.87 bits per heavy atom. The van der Waals surface area contributed by atoms with E-state index in [1.165, 1.54) is 6.07 Å². The second kappa shape index (κ2) is 6.64. The highest BCUT2D eigenvalue weighted by Crippen LogP contribution is 2.10. The number of fused-ring (bicyclic) bond motifs is 1. The maximum Gasteiger partial charge on any atom is 0.355 e. The Morgan fingerprint density at radius 3 is 2.65 bits per heavy atom. The number of nitrogens with one attached hydrogen (secondary N) is 1. The molecule has 120 valence electrons. The Labute approximate surface area is 133 Å². The quantitative estimate of drug-likeness (QED) is 0.875. The molecule has 0 unspecified atom stereocenters. The average Bonchev–Trinajstić information content (AvgIpc) is 2.60. The summed E-state index contributed by atoms with van der Waals surface area (Å²) in [5.74, 6) is -0.889. The summed E-state index contributed by atoms with van der Waals surface area (Å²) in [7, 11) is 0. The second-order valence-electron chi connectivity index (χ2n) is 5.61. The van der Waals surface area contributed by atoms with Crippen LogP contribution >= 0.6 is 0 Å². The van der Waals surface area contributed by atoms with Crippen LogP contribution in [0.4, 0.5) is 0 Å². The third-order valence-electron chi connectivity index (χ3n) is 3.99. The van der Waals surface area contributed by atoms with Gasteiger partial charge in [-0.05, 0) is 31.4 Å². The van der Waals surface area contributed by atoms with Gasteiger partial charge in [-0.25, -0.2) is 4.79 Å². The molecular weight excluding hydrogens is 296 g/mol. The van der Waals surface area contributed by atoms with Crippen molar-refractivity contribution in [3.63, 3.8) is 0 Å². The van der Waals surface area contributed by atoms with Crippen LogP contribution in [0.2, 0.25) is 0 Å². The van der Waals surface area contributed by atoms with E-state index in [0.717, 1.165) is 19.3 Å². The molecule has 23 heavy (non-hydrogen) atoms. The topological polar surface area (TPSA) is 79.5 Å². The van der Waals surface area contributed by atoms with Gasteiger partial charge in [-0.1, -0.05) is 12.1 Å². The van der Waals surface area contributed by atoms with E-state index in [1.54, 1.807) is 29.2 Å². The van der Waals surface area contributed by atoms with Crippen LogP contribution in [-0.2, 0) is 9.53 Å². The Morgan fingerprint density at radius 1 is 1.13 bits per heavy atom. The van der Waals surface area contributed by atoms with E-state index in [0.29, 0.717) is 24.0 Å². The summed E-state index contributed by atoms with van der Waals surface area (Å²) in [6.45, 7) is 1.13. The van der Waals surface area contributed by atoms with Crippen LogP contribution in [0.25, 0.3) is 10.9 Å².